The van der Waals surface area contributed by atoms with Crippen LogP contribution in [0.1, 0.15) is 69.2 Å². The molecule has 4 aromatic carbocycles. The van der Waals surface area contributed by atoms with Crippen molar-refractivity contribution in [3.05, 3.63) is 144 Å². The molecular weight excluding hydrogens is 572 g/mol. The molecule has 4 N–H and O–H groups in total. The van der Waals surface area contributed by atoms with E-state index in [2.05, 4.69) is 0 Å². The van der Waals surface area contributed by atoms with E-state index < -0.39 is 40.5 Å². The van der Waals surface area contributed by atoms with Crippen LogP contribution in [0, 0.1) is 17.3 Å². The Hall–Kier alpha value is -4.26. The molecule has 5 rings (SSSR count). The highest BCUT2D eigenvalue weighted by molar-refractivity contribution is 6.05. The van der Waals surface area contributed by atoms with Crippen LogP contribution in [0.15, 0.2) is 121 Å². The molecule has 0 saturated heterocycles. The zero-order chi connectivity index (χ0) is 33.1. The van der Waals surface area contributed by atoms with Crippen LogP contribution in [-0.4, -0.2) is 39.0 Å². The number of aliphatic hydroxyl groups is 2. The normalized spacial score (nSPS) is 16.0. The number of carbonyl (C=O) groups excluding carboxylic acids is 2. The predicted molar refractivity (Wildman–Crippen MR) is 181 cm³/mol. The zero-order valence-electron chi connectivity index (χ0n) is 27.2. The quantitative estimate of drug-likeness (QED) is 0.160. The minimum absolute atomic E-state index is 0.317. The van der Waals surface area contributed by atoms with Gasteiger partial charge in [-0.3, -0.25) is 9.59 Å². The third-order valence-electron chi connectivity index (χ3n) is 9.90. The number of hydrogen-bond donors (Lipinski definition) is 3. The third-order valence-corrected chi connectivity index (χ3v) is 9.90. The maximum Gasteiger partial charge on any atom is 0.239 e. The molecular formula is C40H46N2O4. The van der Waals surface area contributed by atoms with E-state index in [9.17, 15) is 15.0 Å². The number of amides is 2. The molecule has 1 fully saturated rings. The summed E-state index contributed by atoms with van der Waals surface area (Å²) in [5.74, 6) is -1.81. The molecule has 0 aliphatic heterocycles. The van der Waals surface area contributed by atoms with Crippen molar-refractivity contribution in [2.45, 2.75) is 70.2 Å². The van der Waals surface area contributed by atoms with Crippen LogP contribution < -0.4 is 5.73 Å². The largest absolute Gasteiger partial charge is 0.378 e. The molecule has 46 heavy (non-hydrogen) atoms. The summed E-state index contributed by atoms with van der Waals surface area (Å²) in [7, 11) is 0. The van der Waals surface area contributed by atoms with Crippen LogP contribution >= 0.6 is 0 Å². The molecule has 2 atom stereocenters. The minimum Gasteiger partial charge on any atom is -0.378 e. The Labute approximate surface area is 272 Å². The van der Waals surface area contributed by atoms with Gasteiger partial charge in [0, 0.05) is 0 Å². The first-order valence-corrected chi connectivity index (χ1v) is 16.3. The van der Waals surface area contributed by atoms with Gasteiger partial charge in [0.25, 0.3) is 0 Å². The second-order valence-electron chi connectivity index (χ2n) is 13.4. The Kier molecular flexibility index (Phi) is 9.52. The van der Waals surface area contributed by atoms with Crippen LogP contribution in [0.3, 0.4) is 0 Å². The lowest BCUT2D eigenvalue weighted by Crippen LogP contribution is -2.69. The molecule has 0 bridgehead atoms. The van der Waals surface area contributed by atoms with Gasteiger partial charge in [0.15, 0.2) is 0 Å². The summed E-state index contributed by atoms with van der Waals surface area (Å²) in [6, 6.07) is 35.6. The molecule has 1 aliphatic rings. The number of primary amides is 1. The average Bonchev–Trinajstić information content (AvgIpc) is 3.04. The first kappa shape index (κ1) is 33.1. The molecule has 0 aromatic heterocycles. The molecule has 4 aromatic rings. The molecule has 6 heteroatoms. The van der Waals surface area contributed by atoms with Crippen molar-refractivity contribution in [3.63, 3.8) is 0 Å². The SMILES string of the molecule is CC(C)C(N(C(=O)C1(C(N)=O)CCC1)C(C(C)C)C(O)(c1ccccc1)c1ccccc1)C(O)(c1ccccc1)c1ccccc1. The van der Waals surface area contributed by atoms with Crippen LogP contribution in [0.25, 0.3) is 0 Å². The fourth-order valence-corrected chi connectivity index (χ4v) is 7.56. The van der Waals surface area contributed by atoms with Crippen molar-refractivity contribution in [1.82, 2.24) is 4.90 Å². The van der Waals surface area contributed by atoms with Crippen LogP contribution in [0.5, 0.6) is 0 Å². The average molecular weight is 619 g/mol. The Morgan fingerprint density at radius 3 is 1.09 bits per heavy atom. The lowest BCUT2D eigenvalue weighted by Gasteiger charge is -2.56. The molecule has 1 aliphatic carbocycles. The fourth-order valence-electron chi connectivity index (χ4n) is 7.56. The Bertz CT molecular complexity index is 1420. The predicted octanol–water partition coefficient (Wildman–Crippen LogP) is 6.39. The van der Waals surface area contributed by atoms with E-state index in [1.165, 1.54) is 0 Å². The molecule has 1 saturated carbocycles. The van der Waals surface area contributed by atoms with Gasteiger partial charge >= 0.3 is 0 Å². The number of carbonyl (C=O) groups is 2. The first-order valence-electron chi connectivity index (χ1n) is 16.3. The van der Waals surface area contributed by atoms with E-state index >= 15 is 4.79 Å². The third kappa shape index (κ3) is 5.54. The second-order valence-corrected chi connectivity index (χ2v) is 13.4. The summed E-state index contributed by atoms with van der Waals surface area (Å²) in [4.78, 5) is 30.3. The van der Waals surface area contributed by atoms with Crippen LogP contribution in [0.4, 0.5) is 0 Å². The molecule has 240 valence electrons. The van der Waals surface area contributed by atoms with Crippen molar-refractivity contribution in [2.24, 2.45) is 23.0 Å². The molecule has 2 unspecified atom stereocenters. The monoisotopic (exact) mass is 618 g/mol. The molecule has 6 nitrogen and oxygen atoms in total. The summed E-state index contributed by atoms with van der Waals surface area (Å²) < 4.78 is 0. The van der Waals surface area contributed by atoms with Crippen LogP contribution in [-0.2, 0) is 20.8 Å². The van der Waals surface area contributed by atoms with Gasteiger partial charge in [-0.2, -0.15) is 0 Å². The van der Waals surface area contributed by atoms with Crippen molar-refractivity contribution < 1.29 is 19.8 Å². The van der Waals surface area contributed by atoms with E-state index in [1.54, 1.807) is 4.90 Å². The highest BCUT2D eigenvalue weighted by atomic mass is 16.3. The molecule has 2 amide bonds. The van der Waals surface area contributed by atoms with Crippen molar-refractivity contribution in [3.8, 4) is 0 Å². The Morgan fingerprint density at radius 1 is 0.609 bits per heavy atom. The first-order chi connectivity index (χ1) is 22.0. The van der Waals surface area contributed by atoms with E-state index in [4.69, 9.17) is 5.73 Å². The molecule has 0 spiro atoms. The van der Waals surface area contributed by atoms with Gasteiger partial charge in [-0.25, -0.2) is 0 Å². The van der Waals surface area contributed by atoms with Gasteiger partial charge in [-0.1, -0.05) is 155 Å². The maximum atomic E-state index is 15.4. The lowest BCUT2D eigenvalue weighted by atomic mass is 9.64. The Morgan fingerprint density at radius 2 is 0.891 bits per heavy atom. The fraction of sp³-hybridized carbons (Fsp3) is 0.350. The summed E-state index contributed by atoms with van der Waals surface area (Å²) in [6.07, 6.45) is 1.32. The van der Waals surface area contributed by atoms with Gasteiger partial charge in [0.2, 0.25) is 11.8 Å². The van der Waals surface area contributed by atoms with Gasteiger partial charge < -0.3 is 20.8 Å². The van der Waals surface area contributed by atoms with Crippen LogP contribution in [0.2, 0.25) is 0 Å². The van der Waals surface area contributed by atoms with Crippen molar-refractivity contribution in [2.75, 3.05) is 0 Å². The Balaban J connectivity index is 1.89. The van der Waals surface area contributed by atoms with Gasteiger partial charge in [-0.05, 0) is 46.9 Å². The van der Waals surface area contributed by atoms with Gasteiger partial charge in [0.05, 0.1) is 12.1 Å². The summed E-state index contributed by atoms with van der Waals surface area (Å²) in [5, 5.41) is 26.7. The highest BCUT2D eigenvalue weighted by Crippen LogP contribution is 2.50. The number of nitrogens with zero attached hydrogens (tertiary/aromatic N) is 1. The van der Waals surface area contributed by atoms with Crippen molar-refractivity contribution >= 4 is 11.8 Å². The molecule has 0 heterocycles. The number of benzene rings is 4. The molecule has 0 radical (unpaired) electrons. The van der Waals surface area contributed by atoms with E-state index in [0.717, 1.165) is 0 Å². The summed E-state index contributed by atoms with van der Waals surface area (Å²) in [6.45, 7) is 7.89. The second kappa shape index (κ2) is 13.2. The smallest absolute Gasteiger partial charge is 0.239 e. The summed E-state index contributed by atoms with van der Waals surface area (Å²) in [5.41, 5.74) is 3.59. The topological polar surface area (TPSA) is 104 Å². The van der Waals surface area contributed by atoms with E-state index in [0.29, 0.717) is 41.5 Å². The van der Waals surface area contributed by atoms with Gasteiger partial charge in [-0.15, -0.1) is 0 Å². The maximum absolute atomic E-state index is 15.4. The van der Waals surface area contributed by atoms with Gasteiger partial charge in [0.1, 0.15) is 16.6 Å². The minimum atomic E-state index is -1.73. The number of rotatable bonds is 12. The number of nitrogens with two attached hydrogens (primary N) is 1. The lowest BCUT2D eigenvalue weighted by molar-refractivity contribution is -0.178. The highest BCUT2D eigenvalue weighted by Gasteiger charge is 2.60. The standard InChI is InChI=1S/C40H46N2O4/c1-28(2)34(39(45,30-18-9-5-10-19-30)31-20-11-6-12-21-31)42(37(44)38(36(41)43)26-17-27-38)35(29(3)4)40(46,32-22-13-7-14-23-32)33-24-15-8-16-25-33/h5-16,18-25,28-29,34-35,45-46H,17,26-27H2,1-4H3,(H2,41,43). The summed E-state index contributed by atoms with van der Waals surface area (Å²) >= 11 is 0. The zero-order valence-corrected chi connectivity index (χ0v) is 27.2. The van der Waals surface area contributed by atoms with E-state index in [-0.39, 0.29) is 11.8 Å². The van der Waals surface area contributed by atoms with E-state index in [1.807, 2.05) is 149 Å². The number of hydrogen-bond acceptors (Lipinski definition) is 4. The van der Waals surface area contributed by atoms with Crippen molar-refractivity contribution in [1.29, 1.82) is 0 Å².